The van der Waals surface area contributed by atoms with Gasteiger partial charge in [0.25, 0.3) is 0 Å². The molecule has 4 rings (SSSR count). The van der Waals surface area contributed by atoms with Crippen LogP contribution in [0.5, 0.6) is 0 Å². The summed E-state index contributed by atoms with van der Waals surface area (Å²) in [6.45, 7) is 6.39. The van der Waals surface area contributed by atoms with Gasteiger partial charge < -0.3 is 10.6 Å². The van der Waals surface area contributed by atoms with E-state index < -0.39 is 10.00 Å². The van der Waals surface area contributed by atoms with Crippen molar-refractivity contribution in [2.24, 2.45) is 0 Å². The van der Waals surface area contributed by atoms with Crippen LogP contribution >= 0.6 is 23.2 Å². The zero-order chi connectivity index (χ0) is 21.4. The third-order valence-electron chi connectivity index (χ3n) is 6.32. The van der Waals surface area contributed by atoms with Crippen LogP contribution in [0.15, 0.2) is 60.7 Å². The van der Waals surface area contributed by atoms with Crippen LogP contribution in [-0.4, -0.2) is 54.1 Å². The number of carbonyl (C=O) groups excluding carboxylic acids is 1. The van der Waals surface area contributed by atoms with Gasteiger partial charge in [-0.2, -0.15) is 0 Å². The number of rotatable bonds is 2. The van der Waals surface area contributed by atoms with E-state index in [4.69, 9.17) is 23.2 Å². The number of nitrogens with one attached hydrogen (secondary N) is 2. The summed E-state index contributed by atoms with van der Waals surface area (Å²) in [5, 5.41) is 6.86. The maximum Gasteiger partial charge on any atom is 0.323 e. The first kappa shape index (κ1) is 21.4. The van der Waals surface area contributed by atoms with Gasteiger partial charge >= 0.3 is 6.03 Å². The smallest absolute Gasteiger partial charge is 0.309 e. The molecular weight excluding hydrogens is 419 g/mol. The number of alkyl halides is 2. The Kier molecular flexibility index (Phi) is 5.99. The van der Waals surface area contributed by atoms with E-state index in [1.54, 1.807) is 9.80 Å². The second kappa shape index (κ2) is 8.39. The summed E-state index contributed by atoms with van der Waals surface area (Å²) in [5.74, 6) is 0. The van der Waals surface area contributed by atoms with Crippen molar-refractivity contribution in [3.8, 4) is 0 Å². The molecule has 2 fully saturated rings. The number of hydrogen-bond donors (Lipinski definition) is 2. The lowest BCUT2D eigenvalue weighted by atomic mass is 9.94. The summed E-state index contributed by atoms with van der Waals surface area (Å²) in [6, 6.07) is 19.2. The number of urea groups is 1. The first-order chi connectivity index (χ1) is 14.4. The van der Waals surface area contributed by atoms with Gasteiger partial charge in [0.05, 0.1) is 0 Å². The van der Waals surface area contributed by atoms with Gasteiger partial charge in [0.2, 0.25) is 0 Å². The van der Waals surface area contributed by atoms with E-state index in [2.05, 4.69) is 10.6 Å². The normalized spacial score (nSPS) is 32.1. The van der Waals surface area contributed by atoms with E-state index in [0.717, 1.165) is 11.1 Å². The van der Waals surface area contributed by atoms with Crippen LogP contribution in [0.2, 0.25) is 0 Å². The Bertz CT molecular complexity index is 812. The molecule has 2 aliphatic heterocycles. The van der Waals surface area contributed by atoms with E-state index in [-0.39, 0.29) is 18.1 Å². The van der Waals surface area contributed by atoms with E-state index >= 15 is 0 Å². The van der Waals surface area contributed by atoms with Crippen LogP contribution < -0.4 is 10.6 Å². The molecule has 0 saturated carbocycles. The Morgan fingerprint density at radius 2 is 1.17 bits per heavy atom. The topological polar surface area (TPSA) is 47.6 Å². The predicted molar refractivity (Wildman–Crippen MR) is 122 cm³/mol. The van der Waals surface area contributed by atoms with Crippen molar-refractivity contribution in [3.05, 3.63) is 71.8 Å². The fourth-order valence-corrected chi connectivity index (χ4v) is 5.34. The maximum absolute atomic E-state index is 14.0. The summed E-state index contributed by atoms with van der Waals surface area (Å²) in [5.41, 5.74) is 1.78. The van der Waals surface area contributed by atoms with Crippen molar-refractivity contribution in [1.82, 2.24) is 20.4 Å². The third kappa shape index (κ3) is 3.38. The van der Waals surface area contributed by atoms with E-state index in [0.29, 0.717) is 26.2 Å². The quantitative estimate of drug-likeness (QED) is 0.543. The van der Waals surface area contributed by atoms with Crippen LogP contribution in [0.4, 0.5) is 4.79 Å². The Morgan fingerprint density at radius 3 is 1.53 bits per heavy atom. The van der Waals surface area contributed by atoms with Crippen LogP contribution in [0.1, 0.15) is 25.0 Å². The minimum atomic E-state index is -1.00. The largest absolute Gasteiger partial charge is 0.323 e. The van der Waals surface area contributed by atoms with Gasteiger partial charge in [-0.1, -0.05) is 83.9 Å². The van der Waals surface area contributed by atoms with Crippen LogP contribution in [0, 0.1) is 0 Å². The highest BCUT2D eigenvalue weighted by molar-refractivity contribution is 6.26. The zero-order valence-corrected chi connectivity index (χ0v) is 18.8. The number of amides is 2. The molecule has 0 bridgehead atoms. The Balaban J connectivity index is 1.76. The highest BCUT2D eigenvalue weighted by atomic mass is 35.5. The Labute approximate surface area is 188 Å². The highest BCUT2D eigenvalue weighted by Crippen LogP contribution is 2.43. The lowest BCUT2D eigenvalue weighted by molar-refractivity contribution is 0.0470. The molecule has 30 heavy (non-hydrogen) atoms. The molecule has 5 nitrogen and oxygen atoms in total. The number of benzene rings is 2. The molecule has 0 radical (unpaired) electrons. The summed E-state index contributed by atoms with van der Waals surface area (Å²) < 4.78 is 0. The molecule has 0 aromatic heterocycles. The van der Waals surface area contributed by atoms with Crippen molar-refractivity contribution in [1.29, 1.82) is 0 Å². The van der Waals surface area contributed by atoms with Crippen molar-refractivity contribution < 1.29 is 4.79 Å². The lowest BCUT2D eigenvalue weighted by Gasteiger charge is -2.53. The molecule has 2 aromatic rings. The van der Waals surface area contributed by atoms with Crippen molar-refractivity contribution in [2.75, 3.05) is 26.2 Å². The van der Waals surface area contributed by atoms with Crippen LogP contribution in [0.25, 0.3) is 0 Å². The Morgan fingerprint density at radius 1 is 0.800 bits per heavy atom. The second-order valence-corrected chi connectivity index (χ2v) is 9.17. The summed E-state index contributed by atoms with van der Waals surface area (Å²) in [6.07, 6.45) is 0. The van der Waals surface area contributed by atoms with Gasteiger partial charge in [-0.3, -0.25) is 9.80 Å². The second-order valence-electron chi connectivity index (χ2n) is 8.02. The first-order valence-corrected chi connectivity index (χ1v) is 11.2. The van der Waals surface area contributed by atoms with Crippen molar-refractivity contribution in [3.63, 3.8) is 0 Å². The van der Waals surface area contributed by atoms with Gasteiger partial charge in [0, 0.05) is 38.3 Å². The molecule has 2 saturated heterocycles. The van der Waals surface area contributed by atoms with E-state index in [1.165, 1.54) is 0 Å². The minimum absolute atomic E-state index is 0.124. The molecule has 0 aliphatic carbocycles. The van der Waals surface area contributed by atoms with E-state index in [1.807, 2.05) is 74.5 Å². The predicted octanol–water partition coefficient (Wildman–Crippen LogP) is 3.88. The van der Waals surface area contributed by atoms with Crippen LogP contribution in [-0.2, 0) is 10.00 Å². The third-order valence-corrected chi connectivity index (χ3v) is 7.82. The SMILES string of the molecule is CC1NCCN(C(=O)N2CCNC(C)C2(Cl)c2ccccc2)C1(Cl)c1ccccc1. The van der Waals surface area contributed by atoms with Gasteiger partial charge in [-0.05, 0) is 25.0 Å². The number of halogens is 2. The number of piperazine rings is 2. The number of carbonyl (C=O) groups is 1. The molecule has 2 aromatic carbocycles. The summed E-state index contributed by atoms with van der Waals surface area (Å²) in [7, 11) is 0. The molecule has 4 unspecified atom stereocenters. The molecular formula is C23H28Cl2N4O. The molecule has 2 amide bonds. The molecule has 2 heterocycles. The minimum Gasteiger partial charge on any atom is -0.309 e. The summed E-state index contributed by atoms with van der Waals surface area (Å²) >= 11 is 14.5. The molecule has 4 atom stereocenters. The molecule has 2 aliphatic rings. The van der Waals surface area contributed by atoms with E-state index in [9.17, 15) is 4.79 Å². The average Bonchev–Trinajstić information content (AvgIpc) is 2.78. The number of nitrogens with zero attached hydrogens (tertiary/aromatic N) is 2. The van der Waals surface area contributed by atoms with Crippen molar-refractivity contribution >= 4 is 29.2 Å². The van der Waals surface area contributed by atoms with Gasteiger partial charge in [-0.15, -0.1) is 0 Å². The molecule has 2 N–H and O–H groups in total. The Hall–Kier alpha value is -1.79. The van der Waals surface area contributed by atoms with Crippen molar-refractivity contribution in [2.45, 2.75) is 35.9 Å². The fraction of sp³-hybridized carbons (Fsp3) is 0.435. The maximum atomic E-state index is 14.0. The fourth-order valence-electron chi connectivity index (χ4n) is 4.62. The van der Waals surface area contributed by atoms with Gasteiger partial charge in [0.15, 0.2) is 10.00 Å². The molecule has 160 valence electrons. The van der Waals surface area contributed by atoms with Gasteiger partial charge in [-0.25, -0.2) is 4.79 Å². The zero-order valence-electron chi connectivity index (χ0n) is 17.3. The summed E-state index contributed by atoms with van der Waals surface area (Å²) in [4.78, 5) is 15.6. The van der Waals surface area contributed by atoms with Crippen LogP contribution in [0.3, 0.4) is 0 Å². The average molecular weight is 447 g/mol. The van der Waals surface area contributed by atoms with Gasteiger partial charge in [0.1, 0.15) is 0 Å². The molecule has 7 heteroatoms. The standard InChI is InChI=1S/C23H28Cl2N4O/c1-17-22(24,19-9-5-3-6-10-19)28(15-13-26-17)21(30)29-16-14-27-18(2)23(29,25)20-11-7-4-8-12-20/h3-12,17-18,26-27H,13-16H2,1-2H3. The number of hydrogen-bond acceptors (Lipinski definition) is 3. The highest BCUT2D eigenvalue weighted by Gasteiger charge is 2.53. The molecule has 0 spiro atoms. The first-order valence-electron chi connectivity index (χ1n) is 10.4. The monoisotopic (exact) mass is 446 g/mol. The lowest BCUT2D eigenvalue weighted by Crippen LogP contribution is -2.70.